The summed E-state index contributed by atoms with van der Waals surface area (Å²) in [5.41, 5.74) is 0.648. The fourth-order valence-electron chi connectivity index (χ4n) is 8.07. The van der Waals surface area contributed by atoms with Gasteiger partial charge in [-0.05, 0) is 24.7 Å². The van der Waals surface area contributed by atoms with Gasteiger partial charge in [0.2, 0.25) is 0 Å². The summed E-state index contributed by atoms with van der Waals surface area (Å²) in [7, 11) is 0. The van der Waals surface area contributed by atoms with Gasteiger partial charge in [0.1, 0.15) is 0 Å². The zero-order chi connectivity index (χ0) is 21.0. The van der Waals surface area contributed by atoms with Gasteiger partial charge in [-0.15, -0.1) is 0 Å². The molecule has 9 heteroatoms. The second kappa shape index (κ2) is 4.44. The predicted molar refractivity (Wildman–Crippen MR) is 94.7 cm³/mol. The van der Waals surface area contributed by atoms with Crippen molar-refractivity contribution >= 4 is 17.7 Å². The fraction of sp³-hybridized carbons (Fsp3) is 0.571. The van der Waals surface area contributed by atoms with Crippen molar-refractivity contribution in [3.8, 4) is 0 Å². The molecule has 8 rings (SSSR count). The summed E-state index contributed by atoms with van der Waals surface area (Å²) in [4.78, 5) is 39.4. The maximum absolute atomic E-state index is 13.4. The van der Waals surface area contributed by atoms with Gasteiger partial charge in [-0.2, -0.15) is 18.2 Å². The Kier molecular flexibility index (Phi) is 2.56. The second-order valence-electron chi connectivity index (χ2n) is 9.91. The molecule has 5 fully saturated rings. The van der Waals surface area contributed by atoms with Crippen molar-refractivity contribution in [1.82, 2.24) is 15.8 Å². The number of hydrogen-bond donors (Lipinski definition) is 2. The number of piperidine rings is 1. The third-order valence-electron chi connectivity index (χ3n) is 9.02. The molecule has 3 amide bonds. The Labute approximate surface area is 169 Å². The highest BCUT2D eigenvalue weighted by atomic mass is 19.4. The highest BCUT2D eigenvalue weighted by Gasteiger charge is 3.01. The summed E-state index contributed by atoms with van der Waals surface area (Å²) >= 11 is 0. The molecule has 8 atom stereocenters. The smallest absolute Gasteiger partial charge is 0.306 e. The molecule has 0 radical (unpaired) electrons. The quantitative estimate of drug-likeness (QED) is 0.526. The van der Waals surface area contributed by atoms with Gasteiger partial charge in [0.05, 0.1) is 11.3 Å². The van der Waals surface area contributed by atoms with Crippen LogP contribution in [0.4, 0.5) is 13.2 Å². The van der Waals surface area contributed by atoms with E-state index in [1.807, 2.05) is 0 Å². The molecule has 30 heavy (non-hydrogen) atoms. The number of imide groups is 1. The minimum Gasteiger partial charge on any atom is -0.306 e. The van der Waals surface area contributed by atoms with E-state index in [-0.39, 0.29) is 46.7 Å². The van der Waals surface area contributed by atoms with Crippen LogP contribution in [0.5, 0.6) is 0 Å². The lowest BCUT2D eigenvalue weighted by molar-refractivity contribution is -0.174. The fourth-order valence-corrected chi connectivity index (χ4v) is 8.07. The topological polar surface area (TPSA) is 78.5 Å². The molecule has 5 bridgehead atoms. The summed E-state index contributed by atoms with van der Waals surface area (Å²) in [6.07, 6.45) is 2.63. The number of allylic oxidation sites excluding steroid dienone is 3. The third-order valence-corrected chi connectivity index (χ3v) is 9.02. The summed E-state index contributed by atoms with van der Waals surface area (Å²) in [6, 6.07) is -0.0618. The minimum absolute atomic E-state index is 0.0369. The molecule has 0 aromatic rings. The molecule has 6 unspecified atom stereocenters. The van der Waals surface area contributed by atoms with Gasteiger partial charge in [0.15, 0.2) is 0 Å². The summed E-state index contributed by atoms with van der Waals surface area (Å²) < 4.78 is 39.0. The second-order valence-corrected chi connectivity index (χ2v) is 9.91. The van der Waals surface area contributed by atoms with Gasteiger partial charge in [0.25, 0.3) is 17.7 Å². The van der Waals surface area contributed by atoms with Crippen LogP contribution < -0.4 is 10.7 Å². The van der Waals surface area contributed by atoms with Gasteiger partial charge in [0, 0.05) is 34.1 Å². The van der Waals surface area contributed by atoms with Crippen molar-refractivity contribution in [2.24, 2.45) is 34.5 Å². The number of rotatable bonds is 2. The number of nitrogens with zero attached hydrogens (tertiary/aromatic N) is 1. The molecular formula is C21H18F3N3O3. The van der Waals surface area contributed by atoms with E-state index in [4.69, 9.17) is 0 Å². The monoisotopic (exact) mass is 417 g/mol. The van der Waals surface area contributed by atoms with Gasteiger partial charge in [-0.3, -0.25) is 19.8 Å². The first-order valence-corrected chi connectivity index (χ1v) is 10.2. The first kappa shape index (κ1) is 17.3. The summed E-state index contributed by atoms with van der Waals surface area (Å²) in [5, 5.41) is 4.45. The number of hydrazine groups is 1. The van der Waals surface area contributed by atoms with Gasteiger partial charge in [-0.25, -0.2) is 0 Å². The molecule has 3 aliphatic heterocycles. The van der Waals surface area contributed by atoms with Crippen molar-refractivity contribution in [2.45, 2.75) is 37.5 Å². The van der Waals surface area contributed by atoms with Crippen LogP contribution in [-0.2, 0) is 14.4 Å². The van der Waals surface area contributed by atoms with Crippen LogP contribution in [0.3, 0.4) is 0 Å². The largest absolute Gasteiger partial charge is 0.412 e. The number of alkyl halides is 3. The SMILES string of the molecule is CC1CC(C(=O)NN2C(=O)[C@H]3C45C=CC6C7(CC74)NC5[C@@]63C2=O)=CC=C1C(F)(F)F. The number of amides is 3. The number of carbonyl (C=O) groups excluding carboxylic acids is 3. The summed E-state index contributed by atoms with van der Waals surface area (Å²) in [5.74, 6) is -2.47. The zero-order valence-electron chi connectivity index (χ0n) is 15.9. The Morgan fingerprint density at radius 3 is 2.73 bits per heavy atom. The van der Waals surface area contributed by atoms with Crippen LogP contribution >= 0.6 is 0 Å². The van der Waals surface area contributed by atoms with E-state index >= 15 is 0 Å². The average Bonchev–Trinajstić information content (AvgIpc) is 3.33. The molecule has 6 nitrogen and oxygen atoms in total. The van der Waals surface area contributed by atoms with Crippen molar-refractivity contribution in [3.63, 3.8) is 0 Å². The summed E-state index contributed by atoms with van der Waals surface area (Å²) in [6.45, 7) is 1.40. The van der Waals surface area contributed by atoms with Crippen molar-refractivity contribution in [3.05, 3.63) is 35.5 Å². The molecule has 0 aromatic heterocycles. The molecule has 3 saturated heterocycles. The number of carbonyl (C=O) groups is 3. The Balaban J connectivity index is 1.18. The highest BCUT2D eigenvalue weighted by Crippen LogP contribution is 2.91. The Morgan fingerprint density at radius 1 is 1.30 bits per heavy atom. The van der Waals surface area contributed by atoms with E-state index in [1.165, 1.54) is 6.92 Å². The van der Waals surface area contributed by atoms with E-state index < -0.39 is 34.9 Å². The Morgan fingerprint density at radius 2 is 2.07 bits per heavy atom. The normalized spacial score (nSPS) is 50.8. The zero-order valence-corrected chi connectivity index (χ0v) is 15.9. The first-order chi connectivity index (χ1) is 14.1. The van der Waals surface area contributed by atoms with E-state index in [1.54, 1.807) is 0 Å². The third kappa shape index (κ3) is 1.41. The molecular weight excluding hydrogens is 399 g/mol. The van der Waals surface area contributed by atoms with E-state index in [0.717, 1.165) is 23.6 Å². The van der Waals surface area contributed by atoms with Crippen LogP contribution in [0.2, 0.25) is 0 Å². The average molecular weight is 417 g/mol. The van der Waals surface area contributed by atoms with Crippen molar-refractivity contribution in [2.75, 3.05) is 0 Å². The minimum atomic E-state index is -4.45. The molecule has 2 saturated carbocycles. The molecule has 0 aromatic carbocycles. The van der Waals surface area contributed by atoms with Crippen LogP contribution in [0.25, 0.3) is 0 Å². The maximum Gasteiger partial charge on any atom is 0.412 e. The van der Waals surface area contributed by atoms with Crippen molar-refractivity contribution < 1.29 is 27.6 Å². The molecule has 8 aliphatic rings. The molecule has 156 valence electrons. The Bertz CT molecular complexity index is 1090. The molecule has 5 aliphatic carbocycles. The predicted octanol–water partition coefficient (Wildman–Crippen LogP) is 1.37. The maximum atomic E-state index is 13.4. The number of hydrogen-bond acceptors (Lipinski definition) is 4. The van der Waals surface area contributed by atoms with Crippen LogP contribution in [-0.4, -0.2) is 40.5 Å². The Hall–Kier alpha value is -2.42. The van der Waals surface area contributed by atoms with Gasteiger partial charge >= 0.3 is 6.18 Å². The van der Waals surface area contributed by atoms with Gasteiger partial charge in [-0.1, -0.05) is 31.2 Å². The standard InChI is InChI=1S/C21H18F3N3O3/c1-8-6-9(2-3-10(8)21(22,23)24)14(28)26-27-15(29)13-18-5-4-11-19(7-12(18)19)25-16(18)20(11,13)17(27)30/h2-5,8,11-13,16,25H,6-7H2,1H3,(H,26,28)/t8?,11?,12?,13-,16?,18?,19?,20+/m0/s1. The van der Waals surface area contributed by atoms with E-state index in [9.17, 15) is 27.6 Å². The van der Waals surface area contributed by atoms with E-state index in [0.29, 0.717) is 5.92 Å². The highest BCUT2D eigenvalue weighted by molar-refractivity contribution is 6.14. The van der Waals surface area contributed by atoms with Crippen molar-refractivity contribution in [1.29, 1.82) is 0 Å². The lowest BCUT2D eigenvalue weighted by atomic mass is 9.33. The first-order valence-electron chi connectivity index (χ1n) is 10.2. The van der Waals surface area contributed by atoms with Crippen LogP contribution in [0, 0.1) is 34.5 Å². The van der Waals surface area contributed by atoms with Gasteiger partial charge < -0.3 is 5.32 Å². The lowest BCUT2D eigenvalue weighted by Gasteiger charge is -2.65. The van der Waals surface area contributed by atoms with E-state index in [2.05, 4.69) is 22.9 Å². The number of nitrogens with one attached hydrogen (secondary N) is 2. The number of halogens is 3. The molecule has 3 heterocycles. The lowest BCUT2D eigenvalue weighted by Crippen LogP contribution is -2.74. The molecule has 2 N–H and O–H groups in total. The van der Waals surface area contributed by atoms with Crippen LogP contribution in [0.15, 0.2) is 35.5 Å². The van der Waals surface area contributed by atoms with Crippen LogP contribution in [0.1, 0.15) is 19.8 Å². The molecule has 3 spiro atoms.